The number of nitrogens with zero attached hydrogens (tertiary/aromatic N) is 1. The minimum Gasteiger partial charge on any atom is -0.491 e. The van der Waals surface area contributed by atoms with E-state index >= 15 is 0 Å². The largest absolute Gasteiger partial charge is 0.491 e. The number of methoxy groups -OCH3 is 2. The summed E-state index contributed by atoms with van der Waals surface area (Å²) in [6, 6.07) is 2.80. The fourth-order valence-corrected chi connectivity index (χ4v) is 3.64. The van der Waals surface area contributed by atoms with Gasteiger partial charge in [-0.05, 0) is 30.3 Å². The molecular weight excluding hydrogens is 524 g/mol. The molecule has 3 N–H and O–H groups in total. The van der Waals surface area contributed by atoms with Gasteiger partial charge in [0.25, 0.3) is 5.91 Å². The lowest BCUT2D eigenvalue weighted by Crippen LogP contribution is -2.19. The molecule has 0 saturated heterocycles. The molecule has 8 nitrogen and oxygen atoms in total. The van der Waals surface area contributed by atoms with E-state index in [9.17, 15) is 35.9 Å². The first kappa shape index (κ1) is 22.4. The van der Waals surface area contributed by atoms with Crippen LogP contribution in [0.4, 0.5) is 26.3 Å². The summed E-state index contributed by atoms with van der Waals surface area (Å²) >= 11 is 0. The normalized spacial score (nSPS) is 13.0. The van der Waals surface area contributed by atoms with Gasteiger partial charge in [-0.25, -0.2) is 8.78 Å². The highest BCUT2D eigenvalue weighted by Gasteiger charge is 2.36. The van der Waals surface area contributed by atoms with E-state index in [0.717, 1.165) is 13.3 Å². The molecule has 198 valence electrons. The quantitative estimate of drug-likeness (QED) is 0.334. The zero-order valence-corrected chi connectivity index (χ0v) is 18.8. The van der Waals surface area contributed by atoms with Gasteiger partial charge in [0.15, 0.2) is 17.3 Å². The second-order valence-corrected chi connectivity index (χ2v) is 7.53. The number of primary amides is 1. The van der Waals surface area contributed by atoms with Crippen molar-refractivity contribution in [3.8, 4) is 34.3 Å². The summed E-state index contributed by atoms with van der Waals surface area (Å²) in [5.74, 6) is -10.2. The molecule has 0 saturated carbocycles. The molecule has 2 aromatic carbocycles. The number of carbonyl (C=O) groups is 1. The molecule has 0 unspecified atom stereocenters. The number of alkyl halides is 3. The number of aromatic amines is 1. The maximum Gasteiger partial charge on any atom is 0.419 e. The molecule has 4 aromatic rings. The van der Waals surface area contributed by atoms with Crippen molar-refractivity contribution in [2.24, 2.45) is 5.73 Å². The van der Waals surface area contributed by atoms with Gasteiger partial charge in [0.1, 0.15) is 17.3 Å². The fraction of sp³-hybridized carbons (Fsp3) is 0.125. The number of halogens is 6. The van der Waals surface area contributed by atoms with Crippen LogP contribution in [-0.4, -0.2) is 30.0 Å². The minimum atomic E-state index is -5.28. The van der Waals surface area contributed by atoms with Crippen molar-refractivity contribution in [2.75, 3.05) is 14.1 Å². The number of fused-ring (bicyclic) bond motifs is 1. The van der Waals surface area contributed by atoms with Crippen LogP contribution in [0.1, 0.15) is 20.2 Å². The first-order valence-electron chi connectivity index (χ1n) is 11.7. The molecule has 0 aliphatic rings. The highest BCUT2D eigenvalue weighted by Crippen LogP contribution is 2.44. The molecule has 0 fully saturated rings. The highest BCUT2D eigenvalue weighted by atomic mass is 19.4. The molecular formula is C24H15F6N3O5. The number of nitrogens with two attached hydrogens (primary N) is 1. The SMILES string of the molecule is [2H]C([2H])([2H])Oc1c(Oc2cc(C(F)(F)F)c(F)cc2-c2[nH]c3ccnc(C(N)=O)c3c(=O)c2OC)ccc(F)c1F. The fourth-order valence-electron chi connectivity index (χ4n) is 3.64. The van der Waals surface area contributed by atoms with E-state index in [1.54, 1.807) is 0 Å². The van der Waals surface area contributed by atoms with Gasteiger partial charge >= 0.3 is 6.18 Å². The maximum atomic E-state index is 14.8. The average Bonchev–Trinajstić information content (AvgIpc) is 2.87. The Morgan fingerprint density at radius 1 is 1.05 bits per heavy atom. The van der Waals surface area contributed by atoms with Crippen LogP contribution in [0.25, 0.3) is 22.2 Å². The molecule has 2 heterocycles. The van der Waals surface area contributed by atoms with Crippen LogP contribution in [0, 0.1) is 17.5 Å². The van der Waals surface area contributed by atoms with Gasteiger partial charge in [0.05, 0.1) is 40.4 Å². The van der Waals surface area contributed by atoms with Gasteiger partial charge < -0.3 is 24.9 Å². The molecule has 0 radical (unpaired) electrons. The summed E-state index contributed by atoms with van der Waals surface area (Å²) in [7, 11) is -2.37. The van der Waals surface area contributed by atoms with E-state index in [4.69, 9.17) is 19.3 Å². The Labute approximate surface area is 212 Å². The number of amides is 1. The monoisotopic (exact) mass is 542 g/mol. The zero-order valence-electron chi connectivity index (χ0n) is 21.8. The third-order valence-electron chi connectivity index (χ3n) is 5.29. The number of benzene rings is 2. The molecule has 0 aliphatic heterocycles. The van der Waals surface area contributed by atoms with Gasteiger partial charge in [-0.15, -0.1) is 0 Å². The predicted molar refractivity (Wildman–Crippen MR) is 121 cm³/mol. The van der Waals surface area contributed by atoms with Crippen molar-refractivity contribution in [1.82, 2.24) is 9.97 Å². The van der Waals surface area contributed by atoms with Crippen LogP contribution in [0.15, 0.2) is 41.3 Å². The lowest BCUT2D eigenvalue weighted by Gasteiger charge is -2.19. The highest BCUT2D eigenvalue weighted by molar-refractivity contribution is 6.04. The first-order chi connectivity index (χ1) is 19.0. The number of hydrogen-bond donors (Lipinski definition) is 2. The first-order valence-corrected chi connectivity index (χ1v) is 10.2. The minimum absolute atomic E-state index is 0.125. The van der Waals surface area contributed by atoms with Gasteiger partial charge in [-0.3, -0.25) is 14.6 Å². The van der Waals surface area contributed by atoms with Crippen LogP contribution in [0.2, 0.25) is 0 Å². The molecule has 0 bridgehead atoms. The molecule has 0 spiro atoms. The van der Waals surface area contributed by atoms with Gasteiger partial charge in [0, 0.05) is 11.8 Å². The van der Waals surface area contributed by atoms with E-state index in [2.05, 4.69) is 14.7 Å². The van der Waals surface area contributed by atoms with Crippen molar-refractivity contribution in [1.29, 1.82) is 0 Å². The topological polar surface area (TPSA) is 117 Å². The Balaban J connectivity index is 2.06. The lowest BCUT2D eigenvalue weighted by molar-refractivity contribution is -0.140. The molecule has 38 heavy (non-hydrogen) atoms. The number of H-pyrrole nitrogens is 1. The number of ether oxygens (including phenoxy) is 3. The van der Waals surface area contributed by atoms with Crippen molar-refractivity contribution in [2.45, 2.75) is 6.18 Å². The van der Waals surface area contributed by atoms with Crippen molar-refractivity contribution < 1.29 is 49.5 Å². The van der Waals surface area contributed by atoms with E-state index < -0.39 is 87.5 Å². The van der Waals surface area contributed by atoms with Gasteiger partial charge in [0.2, 0.25) is 17.0 Å². The second kappa shape index (κ2) is 9.61. The predicted octanol–water partition coefficient (Wildman–Crippen LogP) is 4.93. The summed E-state index contributed by atoms with van der Waals surface area (Å²) in [6.07, 6.45) is -4.20. The summed E-state index contributed by atoms with van der Waals surface area (Å²) in [6.45, 7) is 0. The van der Waals surface area contributed by atoms with E-state index in [1.165, 1.54) is 6.07 Å². The Bertz CT molecular complexity index is 1760. The van der Waals surface area contributed by atoms with E-state index in [0.29, 0.717) is 18.2 Å². The molecule has 4 rings (SSSR count). The number of rotatable bonds is 6. The van der Waals surface area contributed by atoms with Crippen molar-refractivity contribution in [3.05, 3.63) is 75.5 Å². The third-order valence-corrected chi connectivity index (χ3v) is 5.29. The van der Waals surface area contributed by atoms with Crippen LogP contribution in [0.5, 0.6) is 23.0 Å². The number of aromatic nitrogens is 2. The van der Waals surface area contributed by atoms with Crippen molar-refractivity contribution in [3.63, 3.8) is 0 Å². The average molecular weight is 542 g/mol. The Kier molecular flexibility index (Phi) is 5.68. The zero-order chi connectivity index (χ0) is 30.4. The summed E-state index contributed by atoms with van der Waals surface area (Å²) in [5.41, 5.74) is 0.697. The molecule has 1 amide bonds. The Morgan fingerprint density at radius 3 is 2.42 bits per heavy atom. The standard InChI is InChI=1S/C24H15F6N3O5/c1-36-21-14(4-3-11(25)17(21)27)38-15-8-10(24(28,29)30)12(26)7-9(15)18-22(37-2)20(34)16-13(33-18)5-6-32-19(16)23(31)35/h3-8H,1-2H3,(H2,31,35)(H,33,34)/i1D3. The van der Waals surface area contributed by atoms with Crippen LogP contribution < -0.4 is 25.4 Å². The van der Waals surface area contributed by atoms with Crippen molar-refractivity contribution >= 4 is 16.8 Å². The second-order valence-electron chi connectivity index (χ2n) is 7.53. The number of pyridine rings is 2. The van der Waals surface area contributed by atoms with Crippen LogP contribution >= 0.6 is 0 Å². The maximum absolute atomic E-state index is 14.8. The Hall–Kier alpha value is -4.75. The number of nitrogens with one attached hydrogen (secondary N) is 1. The van der Waals surface area contributed by atoms with Gasteiger partial charge in [-0.2, -0.15) is 17.6 Å². The summed E-state index contributed by atoms with van der Waals surface area (Å²) in [4.78, 5) is 31.5. The van der Waals surface area contributed by atoms with Crippen LogP contribution in [0.3, 0.4) is 0 Å². The molecule has 14 heteroatoms. The number of hydrogen-bond acceptors (Lipinski definition) is 6. The lowest BCUT2D eigenvalue weighted by atomic mass is 10.0. The summed E-state index contributed by atoms with van der Waals surface area (Å²) < 4.78 is 121. The van der Waals surface area contributed by atoms with E-state index in [1.807, 2.05) is 0 Å². The van der Waals surface area contributed by atoms with Crippen LogP contribution in [-0.2, 0) is 6.18 Å². The third kappa shape index (κ3) is 4.44. The number of carbonyl (C=O) groups excluding carboxylic acids is 1. The van der Waals surface area contributed by atoms with Gasteiger partial charge in [-0.1, -0.05) is 0 Å². The van der Waals surface area contributed by atoms with E-state index in [-0.39, 0.29) is 17.0 Å². The Morgan fingerprint density at radius 2 is 1.79 bits per heavy atom. The summed E-state index contributed by atoms with van der Waals surface area (Å²) in [5, 5.41) is -0.357. The smallest absolute Gasteiger partial charge is 0.419 e. The molecule has 0 atom stereocenters. The molecule has 2 aromatic heterocycles. The molecule has 0 aliphatic carbocycles.